The van der Waals surface area contributed by atoms with Gasteiger partial charge in [0.2, 0.25) is 0 Å². The Labute approximate surface area is 138 Å². The molecule has 3 saturated carbocycles. The van der Waals surface area contributed by atoms with Crippen molar-refractivity contribution < 1.29 is 19.1 Å². The van der Waals surface area contributed by atoms with E-state index in [-0.39, 0.29) is 23.4 Å². The molecular weight excluding hydrogens is 292 g/mol. The van der Waals surface area contributed by atoms with Gasteiger partial charge in [0.15, 0.2) is 5.78 Å². The Balaban J connectivity index is 1.40. The van der Waals surface area contributed by atoms with Crippen molar-refractivity contribution in [1.82, 2.24) is 0 Å². The number of methoxy groups -OCH3 is 1. The van der Waals surface area contributed by atoms with Gasteiger partial charge < -0.3 is 4.74 Å². The molecule has 0 saturated heterocycles. The molecule has 2 unspecified atom stereocenters. The number of ether oxygens (including phenoxy) is 1. The summed E-state index contributed by atoms with van der Waals surface area (Å²) in [6.45, 7) is 1.65. The second-order valence-electron chi connectivity index (χ2n) is 8.02. The molecule has 0 heterocycles. The van der Waals surface area contributed by atoms with Gasteiger partial charge in [-0.3, -0.25) is 14.4 Å². The first-order valence-electron chi connectivity index (χ1n) is 9.05. The van der Waals surface area contributed by atoms with Crippen molar-refractivity contribution >= 4 is 17.3 Å². The molecule has 0 aliphatic heterocycles. The van der Waals surface area contributed by atoms with E-state index in [2.05, 4.69) is 0 Å². The zero-order valence-corrected chi connectivity index (χ0v) is 14.3. The maximum Gasteiger partial charge on any atom is 0.164 e. The molecule has 0 radical (unpaired) electrons. The smallest absolute Gasteiger partial charge is 0.164 e. The van der Waals surface area contributed by atoms with Crippen molar-refractivity contribution in [3.63, 3.8) is 0 Å². The highest BCUT2D eigenvalue weighted by atomic mass is 16.5. The first-order chi connectivity index (χ1) is 10.9. The van der Waals surface area contributed by atoms with Gasteiger partial charge in [-0.1, -0.05) is 0 Å². The zero-order valence-electron chi connectivity index (χ0n) is 14.3. The molecule has 3 fully saturated rings. The largest absolute Gasteiger partial charge is 0.370 e. The topological polar surface area (TPSA) is 60.4 Å². The number of hydrogen-bond acceptors (Lipinski definition) is 4. The lowest BCUT2D eigenvalue weighted by Gasteiger charge is -2.33. The molecule has 0 spiro atoms. The van der Waals surface area contributed by atoms with E-state index in [1.54, 1.807) is 14.0 Å². The van der Waals surface area contributed by atoms with Crippen LogP contribution < -0.4 is 0 Å². The van der Waals surface area contributed by atoms with Crippen LogP contribution in [0.4, 0.5) is 0 Å². The Hall–Kier alpha value is -1.03. The highest BCUT2D eigenvalue weighted by Crippen LogP contribution is 2.44. The molecule has 4 heteroatoms. The Kier molecular flexibility index (Phi) is 4.73. The maximum atomic E-state index is 12.4. The van der Waals surface area contributed by atoms with E-state index in [0.717, 1.165) is 44.9 Å². The standard InChI is InChI=1S/C19H28O4/c1-12(20)16-8-14(9-16)10-17(21)15-4-3-13(7-15)11-18(22)19(23-2)5-6-19/h13-16H,3-11H2,1-2H3. The van der Waals surface area contributed by atoms with Crippen LogP contribution in [0.3, 0.4) is 0 Å². The predicted molar refractivity (Wildman–Crippen MR) is 85.9 cm³/mol. The van der Waals surface area contributed by atoms with E-state index >= 15 is 0 Å². The van der Waals surface area contributed by atoms with Gasteiger partial charge in [-0.25, -0.2) is 0 Å². The van der Waals surface area contributed by atoms with Crippen molar-refractivity contribution in [3.8, 4) is 0 Å². The molecule has 128 valence electrons. The van der Waals surface area contributed by atoms with Crippen LogP contribution in [0.15, 0.2) is 0 Å². The lowest BCUT2D eigenvalue weighted by molar-refractivity contribution is -0.132. The minimum absolute atomic E-state index is 0.141. The Morgan fingerprint density at radius 2 is 1.61 bits per heavy atom. The van der Waals surface area contributed by atoms with E-state index in [1.165, 1.54) is 0 Å². The summed E-state index contributed by atoms with van der Waals surface area (Å²) in [7, 11) is 1.62. The maximum absolute atomic E-state index is 12.4. The summed E-state index contributed by atoms with van der Waals surface area (Å²) in [5.41, 5.74) is -0.476. The van der Waals surface area contributed by atoms with Gasteiger partial charge in [-0.15, -0.1) is 0 Å². The van der Waals surface area contributed by atoms with Crippen LogP contribution in [0.25, 0.3) is 0 Å². The minimum Gasteiger partial charge on any atom is -0.370 e. The van der Waals surface area contributed by atoms with E-state index < -0.39 is 5.60 Å². The molecule has 0 aromatic carbocycles. The van der Waals surface area contributed by atoms with E-state index in [0.29, 0.717) is 30.5 Å². The van der Waals surface area contributed by atoms with Crippen molar-refractivity contribution in [2.24, 2.45) is 23.7 Å². The fourth-order valence-corrected chi connectivity index (χ4v) is 4.40. The fourth-order valence-electron chi connectivity index (χ4n) is 4.40. The highest BCUT2D eigenvalue weighted by Gasteiger charge is 2.50. The molecule has 23 heavy (non-hydrogen) atoms. The van der Waals surface area contributed by atoms with E-state index in [1.807, 2.05) is 0 Å². The monoisotopic (exact) mass is 320 g/mol. The van der Waals surface area contributed by atoms with Crippen LogP contribution in [0.2, 0.25) is 0 Å². The van der Waals surface area contributed by atoms with Crippen LogP contribution in [0, 0.1) is 23.7 Å². The molecule has 3 aliphatic rings. The number of rotatable bonds is 8. The minimum atomic E-state index is -0.476. The molecule has 0 bridgehead atoms. The van der Waals surface area contributed by atoms with E-state index in [4.69, 9.17) is 4.74 Å². The number of Topliss-reactive ketones (excluding diaryl/α,β-unsaturated/α-hetero) is 3. The Bertz CT molecular complexity index is 499. The zero-order chi connectivity index (χ0) is 16.6. The van der Waals surface area contributed by atoms with Crippen molar-refractivity contribution in [3.05, 3.63) is 0 Å². The molecule has 3 rings (SSSR count). The third kappa shape index (κ3) is 3.57. The normalized spacial score (nSPS) is 34.7. The molecule has 0 aromatic rings. The highest BCUT2D eigenvalue weighted by molar-refractivity contribution is 5.90. The summed E-state index contributed by atoms with van der Waals surface area (Å²) in [6.07, 6.45) is 7.51. The SMILES string of the molecule is COC1(C(=O)CC2CCC(C(=O)CC3CC(C(C)=O)C3)C2)CC1. The van der Waals surface area contributed by atoms with Gasteiger partial charge in [-0.05, 0) is 63.7 Å². The lowest BCUT2D eigenvalue weighted by atomic mass is 9.70. The van der Waals surface area contributed by atoms with Gasteiger partial charge in [-0.2, -0.15) is 0 Å². The van der Waals surface area contributed by atoms with Crippen LogP contribution >= 0.6 is 0 Å². The second kappa shape index (κ2) is 6.46. The summed E-state index contributed by atoms with van der Waals surface area (Å²) in [4.78, 5) is 36.0. The Morgan fingerprint density at radius 1 is 0.957 bits per heavy atom. The molecule has 0 amide bonds. The average Bonchev–Trinajstić information content (AvgIpc) is 3.15. The summed E-state index contributed by atoms with van der Waals surface area (Å²) in [5.74, 6) is 1.98. The first-order valence-corrected chi connectivity index (χ1v) is 9.05. The van der Waals surface area contributed by atoms with Crippen LogP contribution in [0.1, 0.15) is 64.7 Å². The summed E-state index contributed by atoms with van der Waals surface area (Å²) < 4.78 is 5.36. The van der Waals surface area contributed by atoms with Crippen LogP contribution in [-0.2, 0) is 19.1 Å². The molecule has 0 N–H and O–H groups in total. The van der Waals surface area contributed by atoms with E-state index in [9.17, 15) is 14.4 Å². The first kappa shape index (κ1) is 16.8. The summed E-state index contributed by atoms with van der Waals surface area (Å²) >= 11 is 0. The van der Waals surface area contributed by atoms with Gasteiger partial charge >= 0.3 is 0 Å². The summed E-state index contributed by atoms with van der Waals surface area (Å²) in [6, 6.07) is 0. The fraction of sp³-hybridized carbons (Fsp3) is 0.842. The van der Waals surface area contributed by atoms with Gasteiger partial charge in [0.05, 0.1) is 0 Å². The molecular formula is C19H28O4. The number of carbonyl (C=O) groups excluding carboxylic acids is 3. The third-order valence-electron chi connectivity index (χ3n) is 6.37. The number of hydrogen-bond donors (Lipinski definition) is 0. The van der Waals surface area contributed by atoms with Crippen LogP contribution in [-0.4, -0.2) is 30.1 Å². The lowest BCUT2D eigenvalue weighted by Crippen LogP contribution is -2.31. The van der Waals surface area contributed by atoms with Gasteiger partial charge in [0.25, 0.3) is 0 Å². The second-order valence-corrected chi connectivity index (χ2v) is 8.02. The number of carbonyl (C=O) groups is 3. The molecule has 2 atom stereocenters. The van der Waals surface area contributed by atoms with Gasteiger partial charge in [0, 0.05) is 31.8 Å². The van der Waals surface area contributed by atoms with Gasteiger partial charge in [0.1, 0.15) is 17.2 Å². The molecule has 0 aromatic heterocycles. The van der Waals surface area contributed by atoms with Crippen molar-refractivity contribution in [2.75, 3.05) is 7.11 Å². The third-order valence-corrected chi connectivity index (χ3v) is 6.37. The number of ketones is 3. The quantitative estimate of drug-likeness (QED) is 0.689. The predicted octanol–water partition coefficient (Wildman–Crippen LogP) is 3.12. The molecule has 4 nitrogen and oxygen atoms in total. The van der Waals surface area contributed by atoms with Crippen molar-refractivity contribution in [2.45, 2.75) is 70.3 Å². The Morgan fingerprint density at radius 3 is 2.17 bits per heavy atom. The summed E-state index contributed by atoms with van der Waals surface area (Å²) in [5, 5.41) is 0. The van der Waals surface area contributed by atoms with Crippen LogP contribution in [0.5, 0.6) is 0 Å². The molecule has 3 aliphatic carbocycles. The average molecular weight is 320 g/mol. The van der Waals surface area contributed by atoms with Crippen molar-refractivity contribution in [1.29, 1.82) is 0 Å².